The topological polar surface area (TPSA) is 106 Å². The van der Waals surface area contributed by atoms with Gasteiger partial charge in [0.1, 0.15) is 0 Å². The van der Waals surface area contributed by atoms with E-state index in [1.165, 1.54) is 167 Å². The van der Waals surface area contributed by atoms with E-state index in [4.69, 9.17) is 16.6 Å². The van der Waals surface area contributed by atoms with Crippen LogP contribution in [-0.4, -0.2) is 23.0 Å². The molecule has 0 rings (SSSR count). The molecule has 0 radical (unpaired) electrons. The van der Waals surface area contributed by atoms with Gasteiger partial charge in [-0.1, -0.05) is 167 Å². The summed E-state index contributed by atoms with van der Waals surface area (Å²) in [6, 6.07) is -0.127. The largest absolute Gasteiger partial charge is 0.481 e. The highest BCUT2D eigenvalue weighted by Crippen LogP contribution is 2.15. The number of carbonyl (C=O) groups is 2. The van der Waals surface area contributed by atoms with Gasteiger partial charge in [0, 0.05) is 12.5 Å². The molecule has 0 aromatic carbocycles. The van der Waals surface area contributed by atoms with E-state index in [1.54, 1.807) is 0 Å². The summed E-state index contributed by atoms with van der Waals surface area (Å²) in [6.45, 7) is 6.40. The van der Waals surface area contributed by atoms with Gasteiger partial charge >= 0.3 is 5.97 Å². The first-order valence-electron chi connectivity index (χ1n) is 20.4. The highest BCUT2D eigenvalue weighted by molar-refractivity contribution is 5.77. The second kappa shape index (κ2) is 40.6. The molecule has 2 atom stereocenters. The van der Waals surface area contributed by atoms with Crippen molar-refractivity contribution in [2.75, 3.05) is 0 Å². The Morgan fingerprint density at radius 2 is 0.809 bits per heavy atom. The van der Waals surface area contributed by atoms with Crippen LogP contribution in [0.2, 0.25) is 0 Å². The zero-order valence-electron chi connectivity index (χ0n) is 31.8. The van der Waals surface area contributed by atoms with Gasteiger partial charge in [-0.3, -0.25) is 9.59 Å². The number of carboxylic acids is 1. The number of carboxylic acid groups (broad SMARTS) is 1. The fourth-order valence-corrected chi connectivity index (χ4v) is 5.98. The van der Waals surface area contributed by atoms with Crippen LogP contribution in [0.15, 0.2) is 24.3 Å². The SMILES string of the molecule is CCCCCCCC/C=C\CCCCCCC(C(N)=O)C(C)N.CCCCCCCC/C=C\CCCCCCCCCCCC(=O)O. The van der Waals surface area contributed by atoms with Gasteiger partial charge in [-0.05, 0) is 71.1 Å². The Kier molecular flexibility index (Phi) is 41.0. The zero-order chi connectivity index (χ0) is 35.1. The Hall–Kier alpha value is -1.62. The molecule has 0 heterocycles. The number of amides is 1. The molecule has 0 bridgehead atoms. The highest BCUT2D eigenvalue weighted by atomic mass is 16.4. The minimum atomic E-state index is -0.656. The van der Waals surface area contributed by atoms with Crippen molar-refractivity contribution in [1.29, 1.82) is 0 Å². The van der Waals surface area contributed by atoms with Gasteiger partial charge in [0.25, 0.3) is 0 Å². The third-order valence-corrected chi connectivity index (χ3v) is 9.18. The average molecular weight is 663 g/mol. The molecule has 0 aliphatic heterocycles. The molecule has 0 fully saturated rings. The standard InChI is InChI=1S/C22H42O2.C20H40N2O/c1-2-3-4-5-6-7-8-9-10-11-12-13-14-15-16-17-18-19-20-21-22(23)24;1-3-4-5-6-7-8-9-10-11-12-13-14-15-16-17-19(18(2)21)20(22)23/h9-10H,2-8,11-21H2,1H3,(H,23,24);10-11,18-19H,3-9,12-17,21H2,1-2H3,(H2,22,23)/b10-9-;11-10-. The third-order valence-electron chi connectivity index (χ3n) is 9.18. The molecule has 0 spiro atoms. The molecule has 0 aromatic rings. The van der Waals surface area contributed by atoms with Crippen molar-refractivity contribution in [3.05, 3.63) is 24.3 Å². The van der Waals surface area contributed by atoms with Gasteiger partial charge in [-0.2, -0.15) is 0 Å². The molecule has 2 unspecified atom stereocenters. The summed E-state index contributed by atoms with van der Waals surface area (Å²) in [5.74, 6) is -1.07. The summed E-state index contributed by atoms with van der Waals surface area (Å²) in [7, 11) is 0. The van der Waals surface area contributed by atoms with Crippen molar-refractivity contribution in [1.82, 2.24) is 0 Å². The third kappa shape index (κ3) is 42.4. The Morgan fingerprint density at radius 3 is 1.11 bits per heavy atom. The fourth-order valence-electron chi connectivity index (χ4n) is 5.98. The van der Waals surface area contributed by atoms with Crippen molar-refractivity contribution in [2.45, 2.75) is 226 Å². The van der Waals surface area contributed by atoms with Crippen LogP contribution in [0.3, 0.4) is 0 Å². The van der Waals surface area contributed by atoms with Crippen LogP contribution in [0.25, 0.3) is 0 Å². The molecule has 0 saturated carbocycles. The van der Waals surface area contributed by atoms with Crippen molar-refractivity contribution in [3.63, 3.8) is 0 Å². The Bertz CT molecular complexity index is 704. The van der Waals surface area contributed by atoms with Gasteiger partial charge < -0.3 is 16.6 Å². The Labute approximate surface area is 293 Å². The number of carbonyl (C=O) groups excluding carboxylic acids is 1. The van der Waals surface area contributed by atoms with Gasteiger partial charge in [-0.15, -0.1) is 0 Å². The normalized spacial score (nSPS) is 12.8. The first-order valence-corrected chi connectivity index (χ1v) is 20.4. The van der Waals surface area contributed by atoms with E-state index in [9.17, 15) is 9.59 Å². The lowest BCUT2D eigenvalue weighted by molar-refractivity contribution is -0.137. The number of rotatable bonds is 35. The van der Waals surface area contributed by atoms with E-state index in [2.05, 4.69) is 38.2 Å². The summed E-state index contributed by atoms with van der Waals surface area (Å²) < 4.78 is 0. The number of primary amides is 1. The van der Waals surface area contributed by atoms with Gasteiger partial charge in [0.2, 0.25) is 5.91 Å². The van der Waals surface area contributed by atoms with Crippen LogP contribution in [0, 0.1) is 5.92 Å². The summed E-state index contributed by atoms with van der Waals surface area (Å²) in [5.41, 5.74) is 11.1. The molecular formula is C42H82N2O3. The van der Waals surface area contributed by atoms with Crippen molar-refractivity contribution in [2.24, 2.45) is 17.4 Å². The van der Waals surface area contributed by atoms with E-state index in [1.807, 2.05) is 6.92 Å². The molecule has 1 amide bonds. The molecule has 0 saturated heterocycles. The molecule has 5 N–H and O–H groups in total. The fraction of sp³-hybridized carbons (Fsp3) is 0.857. The van der Waals surface area contributed by atoms with Crippen LogP contribution in [0.4, 0.5) is 0 Å². The molecule has 0 aliphatic rings. The average Bonchev–Trinajstić information content (AvgIpc) is 3.03. The molecule has 278 valence electrons. The van der Waals surface area contributed by atoms with E-state index >= 15 is 0 Å². The first-order chi connectivity index (χ1) is 22.9. The number of hydrogen-bond acceptors (Lipinski definition) is 3. The maximum Gasteiger partial charge on any atom is 0.303 e. The first kappa shape index (κ1) is 47.5. The van der Waals surface area contributed by atoms with Gasteiger partial charge in [0.15, 0.2) is 0 Å². The number of hydrogen-bond donors (Lipinski definition) is 3. The van der Waals surface area contributed by atoms with Crippen molar-refractivity contribution in [3.8, 4) is 0 Å². The lowest BCUT2D eigenvalue weighted by Gasteiger charge is -2.16. The Morgan fingerprint density at radius 1 is 0.511 bits per heavy atom. The van der Waals surface area contributed by atoms with Gasteiger partial charge in [0.05, 0.1) is 5.92 Å². The number of allylic oxidation sites excluding steroid dienone is 4. The quantitative estimate of drug-likeness (QED) is 0.0463. The van der Waals surface area contributed by atoms with E-state index in [0.717, 1.165) is 25.7 Å². The van der Waals surface area contributed by atoms with Crippen LogP contribution in [0.5, 0.6) is 0 Å². The van der Waals surface area contributed by atoms with Crippen LogP contribution in [0.1, 0.15) is 220 Å². The lowest BCUT2D eigenvalue weighted by Crippen LogP contribution is -2.37. The van der Waals surface area contributed by atoms with Crippen LogP contribution >= 0.6 is 0 Å². The lowest BCUT2D eigenvalue weighted by atomic mass is 9.94. The number of aliphatic carboxylic acids is 1. The number of nitrogens with two attached hydrogens (primary N) is 2. The van der Waals surface area contributed by atoms with Crippen LogP contribution in [-0.2, 0) is 9.59 Å². The maximum absolute atomic E-state index is 11.2. The molecule has 5 heteroatoms. The smallest absolute Gasteiger partial charge is 0.303 e. The molecular weight excluding hydrogens is 580 g/mol. The van der Waals surface area contributed by atoms with Gasteiger partial charge in [-0.25, -0.2) is 0 Å². The minimum Gasteiger partial charge on any atom is -0.481 e. The van der Waals surface area contributed by atoms with Crippen molar-refractivity contribution < 1.29 is 14.7 Å². The second-order valence-corrected chi connectivity index (χ2v) is 14.0. The second-order valence-electron chi connectivity index (χ2n) is 14.0. The molecule has 5 nitrogen and oxygen atoms in total. The summed E-state index contributed by atoms with van der Waals surface area (Å²) in [5, 5.41) is 8.55. The molecule has 47 heavy (non-hydrogen) atoms. The van der Waals surface area contributed by atoms with Crippen molar-refractivity contribution >= 4 is 11.9 Å². The highest BCUT2D eigenvalue weighted by Gasteiger charge is 2.18. The summed E-state index contributed by atoms with van der Waals surface area (Å²) in [6.07, 6.45) is 48.0. The zero-order valence-corrected chi connectivity index (χ0v) is 31.8. The predicted molar refractivity (Wildman–Crippen MR) is 207 cm³/mol. The van der Waals surface area contributed by atoms with E-state index in [-0.39, 0.29) is 17.9 Å². The molecule has 0 aliphatic carbocycles. The monoisotopic (exact) mass is 663 g/mol. The Balaban J connectivity index is 0. The number of unbranched alkanes of at least 4 members (excludes halogenated alkanes) is 25. The minimum absolute atomic E-state index is 0.127. The summed E-state index contributed by atoms with van der Waals surface area (Å²) >= 11 is 0. The maximum atomic E-state index is 11.2. The summed E-state index contributed by atoms with van der Waals surface area (Å²) in [4.78, 5) is 21.6. The van der Waals surface area contributed by atoms with E-state index in [0.29, 0.717) is 6.42 Å². The van der Waals surface area contributed by atoms with Crippen LogP contribution < -0.4 is 11.5 Å². The molecule has 0 aromatic heterocycles. The van der Waals surface area contributed by atoms with E-state index < -0.39 is 5.97 Å². The predicted octanol–water partition coefficient (Wildman–Crippen LogP) is 12.8.